The maximum absolute atomic E-state index is 7.99. The zero-order valence-corrected chi connectivity index (χ0v) is 12.1. The molecule has 1 nitrogen and oxygen atoms in total. The third kappa shape index (κ3) is 2.85. The second-order valence-electron chi connectivity index (χ2n) is 6.25. The quantitative estimate of drug-likeness (QED) is 0.545. The SMILES string of the molecule is CCC1(C)C=C(B(C)C(C)C2=CC2)C=CC(=N)C1. The molecule has 0 aromatic heterocycles. The fourth-order valence-electron chi connectivity index (χ4n) is 2.74. The van der Waals surface area contributed by atoms with E-state index < -0.39 is 0 Å². The molecule has 2 heteroatoms. The molecule has 0 radical (unpaired) electrons. The molecule has 0 aromatic carbocycles. The van der Waals surface area contributed by atoms with Crippen LogP contribution in [0.3, 0.4) is 0 Å². The van der Waals surface area contributed by atoms with Gasteiger partial charge in [-0.15, -0.1) is 0 Å². The minimum absolute atomic E-state index is 0.155. The van der Waals surface area contributed by atoms with Crippen molar-refractivity contribution >= 4 is 12.4 Å². The van der Waals surface area contributed by atoms with E-state index in [-0.39, 0.29) is 5.41 Å². The second-order valence-corrected chi connectivity index (χ2v) is 6.25. The number of rotatable bonds is 4. The van der Waals surface area contributed by atoms with Gasteiger partial charge >= 0.3 is 0 Å². The number of hydrogen-bond acceptors (Lipinski definition) is 1. The van der Waals surface area contributed by atoms with E-state index in [9.17, 15) is 0 Å². The summed E-state index contributed by atoms with van der Waals surface area (Å²) in [5.41, 5.74) is 3.94. The highest BCUT2D eigenvalue weighted by molar-refractivity contribution is 6.68. The molecule has 2 aliphatic rings. The van der Waals surface area contributed by atoms with Gasteiger partial charge in [-0.2, -0.15) is 0 Å². The molecule has 2 aliphatic carbocycles. The van der Waals surface area contributed by atoms with Crippen LogP contribution in [-0.2, 0) is 0 Å². The first-order valence-electron chi connectivity index (χ1n) is 7.12. The largest absolute Gasteiger partial charge is 0.305 e. The molecular weight excluding hydrogens is 217 g/mol. The van der Waals surface area contributed by atoms with Crippen LogP contribution in [0.4, 0.5) is 0 Å². The summed E-state index contributed by atoms with van der Waals surface area (Å²) in [6.07, 6.45) is 12.1. The summed E-state index contributed by atoms with van der Waals surface area (Å²) in [7, 11) is 0. The summed E-state index contributed by atoms with van der Waals surface area (Å²) in [6.45, 7) is 9.72. The Morgan fingerprint density at radius 2 is 2.11 bits per heavy atom. The Balaban J connectivity index is 2.25. The lowest BCUT2D eigenvalue weighted by Gasteiger charge is -2.25. The van der Waals surface area contributed by atoms with Crippen LogP contribution in [-0.4, -0.2) is 12.4 Å². The Morgan fingerprint density at radius 3 is 2.67 bits per heavy atom. The Labute approximate surface area is 112 Å². The third-order valence-corrected chi connectivity index (χ3v) is 4.69. The summed E-state index contributed by atoms with van der Waals surface area (Å²) in [4.78, 5) is 0. The fourth-order valence-corrected chi connectivity index (χ4v) is 2.74. The average molecular weight is 241 g/mol. The minimum atomic E-state index is 0.155. The number of hydrogen-bond donors (Lipinski definition) is 1. The maximum atomic E-state index is 7.99. The van der Waals surface area contributed by atoms with Crippen molar-refractivity contribution in [2.45, 2.75) is 52.7 Å². The van der Waals surface area contributed by atoms with Gasteiger partial charge in [-0.05, 0) is 36.6 Å². The van der Waals surface area contributed by atoms with Crippen LogP contribution in [0.1, 0.15) is 40.0 Å². The van der Waals surface area contributed by atoms with E-state index >= 15 is 0 Å². The predicted molar refractivity (Wildman–Crippen MR) is 81.7 cm³/mol. The van der Waals surface area contributed by atoms with Crippen LogP contribution in [0.25, 0.3) is 0 Å². The van der Waals surface area contributed by atoms with Crippen LogP contribution >= 0.6 is 0 Å². The van der Waals surface area contributed by atoms with Gasteiger partial charge in [0, 0.05) is 5.71 Å². The summed E-state index contributed by atoms with van der Waals surface area (Å²) >= 11 is 0. The van der Waals surface area contributed by atoms with E-state index in [2.05, 4.69) is 45.8 Å². The van der Waals surface area contributed by atoms with E-state index in [0.717, 1.165) is 18.6 Å². The molecular formula is C16H24BN. The molecule has 0 aliphatic heterocycles. The van der Waals surface area contributed by atoms with E-state index in [4.69, 9.17) is 5.41 Å². The van der Waals surface area contributed by atoms with Crippen molar-refractivity contribution in [1.29, 1.82) is 5.41 Å². The minimum Gasteiger partial charge on any atom is -0.305 e. The smallest absolute Gasteiger partial charge is 0.179 e. The van der Waals surface area contributed by atoms with Gasteiger partial charge in [0.05, 0.1) is 0 Å². The molecule has 0 fully saturated rings. The van der Waals surface area contributed by atoms with Crippen molar-refractivity contribution < 1.29 is 0 Å². The lowest BCUT2D eigenvalue weighted by molar-refractivity contribution is 0.429. The van der Waals surface area contributed by atoms with E-state index in [0.29, 0.717) is 12.5 Å². The maximum Gasteiger partial charge on any atom is 0.179 e. The zero-order chi connectivity index (χ0) is 13.3. The van der Waals surface area contributed by atoms with Gasteiger partial charge in [0.1, 0.15) is 0 Å². The molecule has 0 bridgehead atoms. The van der Waals surface area contributed by atoms with Gasteiger partial charge in [0.2, 0.25) is 0 Å². The van der Waals surface area contributed by atoms with Crippen LogP contribution in [0.2, 0.25) is 12.6 Å². The van der Waals surface area contributed by atoms with Crippen molar-refractivity contribution in [3.05, 3.63) is 35.3 Å². The summed E-state index contributed by atoms with van der Waals surface area (Å²) < 4.78 is 0. The van der Waals surface area contributed by atoms with Crippen molar-refractivity contribution in [2.75, 3.05) is 0 Å². The molecule has 0 aromatic rings. The van der Waals surface area contributed by atoms with E-state index in [1.165, 1.54) is 11.9 Å². The monoisotopic (exact) mass is 241 g/mol. The van der Waals surface area contributed by atoms with Crippen LogP contribution < -0.4 is 0 Å². The topological polar surface area (TPSA) is 23.9 Å². The lowest BCUT2D eigenvalue weighted by Crippen LogP contribution is -2.20. The molecule has 0 heterocycles. The molecule has 0 saturated heterocycles. The highest BCUT2D eigenvalue weighted by atomic mass is 14.4. The highest BCUT2D eigenvalue weighted by Crippen LogP contribution is 2.39. The van der Waals surface area contributed by atoms with Gasteiger partial charge in [0.15, 0.2) is 6.71 Å². The molecule has 2 atom stereocenters. The Hall–Kier alpha value is -1.05. The number of nitrogens with one attached hydrogen (secondary N) is 1. The Kier molecular flexibility index (Phi) is 3.65. The third-order valence-electron chi connectivity index (χ3n) is 4.69. The summed E-state index contributed by atoms with van der Waals surface area (Å²) in [5, 5.41) is 7.99. The van der Waals surface area contributed by atoms with E-state index in [1.54, 1.807) is 5.57 Å². The van der Waals surface area contributed by atoms with Gasteiger partial charge < -0.3 is 5.41 Å². The van der Waals surface area contributed by atoms with Gasteiger partial charge in [0.25, 0.3) is 0 Å². The standard InChI is InChI=1S/C16H24BN/c1-5-16(3)10-14(8-9-15(18)11-16)17(4)12(2)13-6-7-13/h6,8-10,12,18H,5,7,11H2,1-4H3. The van der Waals surface area contributed by atoms with Crippen molar-refractivity contribution in [2.24, 2.45) is 5.41 Å². The van der Waals surface area contributed by atoms with Gasteiger partial charge in [-0.1, -0.05) is 56.9 Å². The Morgan fingerprint density at radius 1 is 1.44 bits per heavy atom. The molecule has 18 heavy (non-hydrogen) atoms. The Bertz CT molecular complexity index is 444. The molecule has 1 N–H and O–H groups in total. The molecule has 2 rings (SSSR count). The molecule has 0 amide bonds. The first-order chi connectivity index (χ1) is 8.45. The van der Waals surface area contributed by atoms with Crippen LogP contribution in [0, 0.1) is 10.8 Å². The summed E-state index contributed by atoms with van der Waals surface area (Å²) in [5.74, 6) is 0.647. The summed E-state index contributed by atoms with van der Waals surface area (Å²) in [6, 6.07) is 0. The first kappa shape index (κ1) is 13.4. The molecule has 96 valence electrons. The molecule has 0 spiro atoms. The zero-order valence-electron chi connectivity index (χ0n) is 12.1. The van der Waals surface area contributed by atoms with Crippen molar-refractivity contribution in [3.8, 4) is 0 Å². The van der Waals surface area contributed by atoms with Crippen LogP contribution in [0.5, 0.6) is 0 Å². The molecule has 2 unspecified atom stereocenters. The van der Waals surface area contributed by atoms with E-state index in [1.807, 2.05) is 6.08 Å². The van der Waals surface area contributed by atoms with Crippen molar-refractivity contribution in [1.82, 2.24) is 0 Å². The lowest BCUT2D eigenvalue weighted by atomic mass is 9.37. The number of allylic oxidation sites excluding steroid dienone is 6. The fraction of sp³-hybridized carbons (Fsp3) is 0.562. The highest BCUT2D eigenvalue weighted by Gasteiger charge is 2.30. The average Bonchev–Trinajstić information content (AvgIpc) is 3.16. The van der Waals surface area contributed by atoms with Crippen molar-refractivity contribution in [3.63, 3.8) is 0 Å². The first-order valence-corrected chi connectivity index (χ1v) is 7.12. The van der Waals surface area contributed by atoms with Gasteiger partial charge in [-0.25, -0.2) is 0 Å². The predicted octanol–water partition coefficient (Wildman–Crippen LogP) is 4.69. The van der Waals surface area contributed by atoms with Gasteiger partial charge in [-0.3, -0.25) is 0 Å². The van der Waals surface area contributed by atoms with Crippen LogP contribution in [0.15, 0.2) is 35.3 Å². The second kappa shape index (κ2) is 4.91. The molecule has 0 saturated carbocycles. The normalized spacial score (nSPS) is 28.3.